The SMILES string of the molecule is CCN(c1nc(C)cc(CNC)n1)C1CCCC1. The van der Waals surface area contributed by atoms with E-state index in [1.165, 1.54) is 25.7 Å². The van der Waals surface area contributed by atoms with E-state index in [0.29, 0.717) is 6.04 Å². The molecule has 1 aromatic rings. The lowest BCUT2D eigenvalue weighted by Crippen LogP contribution is -2.34. The second-order valence-electron chi connectivity index (χ2n) is 5.06. The van der Waals surface area contributed by atoms with Crippen LogP contribution < -0.4 is 10.2 Å². The van der Waals surface area contributed by atoms with E-state index in [1.807, 2.05) is 14.0 Å². The summed E-state index contributed by atoms with van der Waals surface area (Å²) in [6, 6.07) is 2.70. The zero-order chi connectivity index (χ0) is 13.0. The quantitative estimate of drug-likeness (QED) is 0.868. The van der Waals surface area contributed by atoms with Gasteiger partial charge in [0.15, 0.2) is 0 Å². The van der Waals surface area contributed by atoms with Crippen LogP contribution in [0.4, 0.5) is 5.95 Å². The molecule has 0 bridgehead atoms. The van der Waals surface area contributed by atoms with Gasteiger partial charge >= 0.3 is 0 Å². The second-order valence-corrected chi connectivity index (χ2v) is 5.06. The van der Waals surface area contributed by atoms with E-state index >= 15 is 0 Å². The largest absolute Gasteiger partial charge is 0.338 e. The molecule has 1 aromatic heterocycles. The summed E-state index contributed by atoms with van der Waals surface area (Å²) in [5, 5.41) is 3.16. The van der Waals surface area contributed by atoms with Gasteiger partial charge in [-0.3, -0.25) is 0 Å². The monoisotopic (exact) mass is 248 g/mol. The molecule has 100 valence electrons. The fourth-order valence-corrected chi connectivity index (χ4v) is 2.80. The Hall–Kier alpha value is -1.16. The average molecular weight is 248 g/mol. The van der Waals surface area contributed by atoms with Crippen LogP contribution in [-0.4, -0.2) is 29.6 Å². The molecule has 0 radical (unpaired) electrons. The molecule has 1 N–H and O–H groups in total. The Morgan fingerprint density at radius 1 is 1.33 bits per heavy atom. The predicted octanol–water partition coefficient (Wildman–Crippen LogP) is 2.27. The normalized spacial score (nSPS) is 16.2. The van der Waals surface area contributed by atoms with Crippen LogP contribution in [0, 0.1) is 6.92 Å². The highest BCUT2D eigenvalue weighted by Crippen LogP contribution is 2.26. The van der Waals surface area contributed by atoms with Crippen LogP contribution in [0.5, 0.6) is 0 Å². The van der Waals surface area contributed by atoms with Crippen LogP contribution in [0.3, 0.4) is 0 Å². The summed E-state index contributed by atoms with van der Waals surface area (Å²) < 4.78 is 0. The molecule has 2 rings (SSSR count). The molecule has 0 atom stereocenters. The molecule has 18 heavy (non-hydrogen) atoms. The Morgan fingerprint density at radius 3 is 2.67 bits per heavy atom. The minimum Gasteiger partial charge on any atom is -0.338 e. The first-order chi connectivity index (χ1) is 8.74. The van der Waals surface area contributed by atoms with Gasteiger partial charge in [-0.1, -0.05) is 12.8 Å². The van der Waals surface area contributed by atoms with E-state index in [4.69, 9.17) is 4.98 Å². The Morgan fingerprint density at radius 2 is 2.06 bits per heavy atom. The summed E-state index contributed by atoms with van der Waals surface area (Å²) >= 11 is 0. The summed E-state index contributed by atoms with van der Waals surface area (Å²) in [4.78, 5) is 11.7. The highest BCUT2D eigenvalue weighted by atomic mass is 15.3. The van der Waals surface area contributed by atoms with Crippen molar-refractivity contribution in [2.24, 2.45) is 0 Å². The molecule has 1 aliphatic carbocycles. The van der Waals surface area contributed by atoms with Gasteiger partial charge in [-0.05, 0) is 39.8 Å². The van der Waals surface area contributed by atoms with E-state index < -0.39 is 0 Å². The van der Waals surface area contributed by atoms with Crippen molar-refractivity contribution in [2.45, 2.75) is 52.1 Å². The fourth-order valence-electron chi connectivity index (χ4n) is 2.80. The first kappa shape index (κ1) is 13.3. The number of hydrogen-bond acceptors (Lipinski definition) is 4. The van der Waals surface area contributed by atoms with E-state index in [9.17, 15) is 0 Å². The number of nitrogens with one attached hydrogen (secondary N) is 1. The third-order valence-corrected chi connectivity index (χ3v) is 3.62. The van der Waals surface area contributed by atoms with Gasteiger partial charge in [-0.15, -0.1) is 0 Å². The molecule has 0 aliphatic heterocycles. The molecular weight excluding hydrogens is 224 g/mol. The number of aryl methyl sites for hydroxylation is 1. The number of nitrogens with zero attached hydrogens (tertiary/aromatic N) is 3. The van der Waals surface area contributed by atoms with Crippen LogP contribution in [0.15, 0.2) is 6.07 Å². The maximum absolute atomic E-state index is 4.69. The lowest BCUT2D eigenvalue weighted by molar-refractivity contribution is 0.601. The Bertz CT molecular complexity index is 385. The van der Waals surface area contributed by atoms with Crippen molar-refractivity contribution in [3.8, 4) is 0 Å². The van der Waals surface area contributed by atoms with E-state index in [0.717, 1.165) is 30.4 Å². The maximum Gasteiger partial charge on any atom is 0.226 e. The third-order valence-electron chi connectivity index (χ3n) is 3.62. The van der Waals surface area contributed by atoms with E-state index in [1.54, 1.807) is 0 Å². The Kier molecular flexibility index (Phi) is 4.53. The van der Waals surface area contributed by atoms with Gasteiger partial charge in [0, 0.05) is 24.8 Å². The smallest absolute Gasteiger partial charge is 0.226 e. The van der Waals surface area contributed by atoms with Crippen molar-refractivity contribution < 1.29 is 0 Å². The average Bonchev–Trinajstić information content (AvgIpc) is 2.83. The van der Waals surface area contributed by atoms with Crippen molar-refractivity contribution in [3.05, 3.63) is 17.5 Å². The molecule has 0 spiro atoms. The van der Waals surface area contributed by atoms with Crippen molar-refractivity contribution in [1.29, 1.82) is 0 Å². The number of aromatic nitrogens is 2. The van der Waals surface area contributed by atoms with Crippen molar-refractivity contribution in [1.82, 2.24) is 15.3 Å². The molecule has 0 amide bonds. The lowest BCUT2D eigenvalue weighted by atomic mass is 10.2. The summed E-state index contributed by atoms with van der Waals surface area (Å²) in [7, 11) is 1.95. The van der Waals surface area contributed by atoms with Gasteiger partial charge in [0.1, 0.15) is 0 Å². The standard InChI is InChI=1S/C14H24N4/c1-4-18(13-7-5-6-8-13)14-16-11(2)9-12(17-14)10-15-3/h9,13,15H,4-8,10H2,1-3H3. The topological polar surface area (TPSA) is 41.1 Å². The van der Waals surface area contributed by atoms with E-state index in [-0.39, 0.29) is 0 Å². The third kappa shape index (κ3) is 2.99. The summed E-state index contributed by atoms with van der Waals surface area (Å²) in [6.45, 7) is 6.04. The summed E-state index contributed by atoms with van der Waals surface area (Å²) in [6.07, 6.45) is 5.26. The van der Waals surface area contributed by atoms with E-state index in [2.05, 4.69) is 28.2 Å². The molecule has 1 fully saturated rings. The number of rotatable bonds is 5. The Balaban J connectivity index is 2.23. The fraction of sp³-hybridized carbons (Fsp3) is 0.714. The molecule has 0 saturated heterocycles. The molecule has 1 saturated carbocycles. The minimum absolute atomic E-state index is 0.638. The first-order valence-electron chi connectivity index (χ1n) is 7.00. The molecule has 4 nitrogen and oxygen atoms in total. The number of anilines is 1. The molecule has 1 heterocycles. The minimum atomic E-state index is 0.638. The van der Waals surface area contributed by atoms with Crippen LogP contribution >= 0.6 is 0 Å². The highest BCUT2D eigenvalue weighted by molar-refractivity contribution is 5.34. The van der Waals surface area contributed by atoms with Gasteiger partial charge in [0.2, 0.25) is 5.95 Å². The molecule has 0 unspecified atom stereocenters. The summed E-state index contributed by atoms with van der Waals surface area (Å²) in [5.41, 5.74) is 2.14. The maximum atomic E-state index is 4.69. The highest BCUT2D eigenvalue weighted by Gasteiger charge is 2.23. The van der Waals surface area contributed by atoms with Crippen molar-refractivity contribution in [2.75, 3.05) is 18.5 Å². The molecule has 4 heteroatoms. The van der Waals surface area contributed by atoms with Gasteiger partial charge in [0.25, 0.3) is 0 Å². The predicted molar refractivity (Wildman–Crippen MR) is 74.8 cm³/mol. The van der Waals surface area contributed by atoms with Crippen molar-refractivity contribution in [3.63, 3.8) is 0 Å². The van der Waals surface area contributed by atoms with Crippen LogP contribution in [0.1, 0.15) is 44.0 Å². The van der Waals surface area contributed by atoms with Crippen molar-refractivity contribution >= 4 is 5.95 Å². The molecule has 1 aliphatic rings. The number of hydrogen-bond donors (Lipinski definition) is 1. The molecule has 0 aromatic carbocycles. The van der Waals surface area contributed by atoms with Gasteiger partial charge in [-0.2, -0.15) is 0 Å². The molecular formula is C14H24N4. The van der Waals surface area contributed by atoms with Crippen LogP contribution in [0.25, 0.3) is 0 Å². The van der Waals surface area contributed by atoms with Gasteiger partial charge in [0.05, 0.1) is 5.69 Å². The van der Waals surface area contributed by atoms with Crippen LogP contribution in [0.2, 0.25) is 0 Å². The second kappa shape index (κ2) is 6.14. The zero-order valence-corrected chi connectivity index (χ0v) is 11.7. The first-order valence-corrected chi connectivity index (χ1v) is 7.00. The van der Waals surface area contributed by atoms with Gasteiger partial charge in [-0.25, -0.2) is 9.97 Å². The zero-order valence-electron chi connectivity index (χ0n) is 11.7. The summed E-state index contributed by atoms with van der Waals surface area (Å²) in [5.74, 6) is 0.912. The van der Waals surface area contributed by atoms with Gasteiger partial charge < -0.3 is 10.2 Å². The Labute approximate surface area is 110 Å². The van der Waals surface area contributed by atoms with Crippen LogP contribution in [-0.2, 0) is 6.54 Å². The lowest BCUT2D eigenvalue weighted by Gasteiger charge is -2.28.